The maximum atomic E-state index is 11.3. The van der Waals surface area contributed by atoms with E-state index < -0.39 is 12.1 Å². The van der Waals surface area contributed by atoms with E-state index in [0.717, 1.165) is 12.8 Å². The number of rotatable bonds is 7. The molecule has 2 atom stereocenters. The summed E-state index contributed by atoms with van der Waals surface area (Å²) in [6.45, 7) is 6.24. The second-order valence-corrected chi connectivity index (χ2v) is 3.90. The lowest BCUT2D eigenvalue weighted by Crippen LogP contribution is -2.44. The number of carbonyl (C=O) groups excluding carboxylic acids is 1. The Morgan fingerprint density at radius 3 is 2.20 bits per heavy atom. The molecule has 0 aromatic heterocycles. The van der Waals surface area contributed by atoms with Crippen LogP contribution < -0.4 is 11.1 Å². The van der Waals surface area contributed by atoms with Crippen molar-refractivity contribution >= 4 is 5.91 Å². The SMILES string of the molecule is CCC(CC)C(O)CNC(=O)[C@@H](N)CC. The van der Waals surface area contributed by atoms with Gasteiger partial charge in [-0.25, -0.2) is 0 Å². The predicted octanol–water partition coefficient (Wildman–Crippen LogP) is 0.637. The van der Waals surface area contributed by atoms with Crippen LogP contribution in [0.5, 0.6) is 0 Å². The van der Waals surface area contributed by atoms with Gasteiger partial charge in [-0.3, -0.25) is 4.79 Å². The molecule has 4 nitrogen and oxygen atoms in total. The van der Waals surface area contributed by atoms with Crippen molar-refractivity contribution in [2.24, 2.45) is 11.7 Å². The number of nitrogens with one attached hydrogen (secondary N) is 1. The number of nitrogens with two attached hydrogens (primary N) is 1. The highest BCUT2D eigenvalue weighted by molar-refractivity contribution is 5.81. The molecule has 0 fully saturated rings. The smallest absolute Gasteiger partial charge is 0.236 e. The van der Waals surface area contributed by atoms with Crippen LogP contribution in [0.1, 0.15) is 40.0 Å². The van der Waals surface area contributed by atoms with Crippen LogP contribution in [0.15, 0.2) is 0 Å². The van der Waals surface area contributed by atoms with Gasteiger partial charge in [-0.05, 0) is 12.3 Å². The Morgan fingerprint density at radius 2 is 1.80 bits per heavy atom. The Bertz CT molecular complexity index is 181. The maximum Gasteiger partial charge on any atom is 0.236 e. The number of aliphatic hydroxyl groups is 1. The van der Waals surface area contributed by atoms with Crippen molar-refractivity contribution in [1.82, 2.24) is 5.32 Å². The molecule has 0 saturated carbocycles. The zero-order valence-corrected chi connectivity index (χ0v) is 9.99. The molecule has 1 amide bonds. The second-order valence-electron chi connectivity index (χ2n) is 3.90. The van der Waals surface area contributed by atoms with E-state index in [9.17, 15) is 9.90 Å². The summed E-state index contributed by atoms with van der Waals surface area (Å²) in [6.07, 6.45) is 2.00. The molecule has 0 aliphatic rings. The summed E-state index contributed by atoms with van der Waals surface area (Å²) in [4.78, 5) is 11.3. The molecule has 0 heterocycles. The quantitative estimate of drug-likeness (QED) is 0.584. The second kappa shape index (κ2) is 7.65. The number of carbonyl (C=O) groups is 1. The van der Waals surface area contributed by atoms with E-state index in [0.29, 0.717) is 13.0 Å². The fraction of sp³-hybridized carbons (Fsp3) is 0.909. The van der Waals surface area contributed by atoms with Crippen LogP contribution in [-0.2, 0) is 4.79 Å². The third-order valence-corrected chi connectivity index (χ3v) is 2.85. The molecule has 0 bridgehead atoms. The summed E-state index contributed by atoms with van der Waals surface area (Å²) in [6, 6.07) is -0.459. The van der Waals surface area contributed by atoms with Gasteiger partial charge in [0, 0.05) is 6.54 Å². The van der Waals surface area contributed by atoms with Crippen molar-refractivity contribution in [3.63, 3.8) is 0 Å². The Kier molecular flexibility index (Phi) is 7.34. The molecule has 0 aromatic rings. The standard InChI is InChI=1S/C11H24N2O2/c1-4-8(5-2)10(14)7-13-11(15)9(12)6-3/h8-10,14H,4-7,12H2,1-3H3,(H,13,15)/t9-,10?/m0/s1. The molecular formula is C11H24N2O2. The summed E-state index contributed by atoms with van der Waals surface area (Å²) < 4.78 is 0. The van der Waals surface area contributed by atoms with E-state index in [1.165, 1.54) is 0 Å². The largest absolute Gasteiger partial charge is 0.391 e. The fourth-order valence-electron chi connectivity index (χ4n) is 1.52. The highest BCUT2D eigenvalue weighted by atomic mass is 16.3. The van der Waals surface area contributed by atoms with Crippen LogP contribution in [0.3, 0.4) is 0 Å². The molecule has 0 aliphatic carbocycles. The molecule has 1 unspecified atom stereocenters. The van der Waals surface area contributed by atoms with Crippen molar-refractivity contribution in [1.29, 1.82) is 0 Å². The highest BCUT2D eigenvalue weighted by Crippen LogP contribution is 2.12. The monoisotopic (exact) mass is 216 g/mol. The van der Waals surface area contributed by atoms with Crippen LogP contribution in [0.4, 0.5) is 0 Å². The number of hydrogen-bond donors (Lipinski definition) is 3. The van der Waals surface area contributed by atoms with Crippen molar-refractivity contribution < 1.29 is 9.90 Å². The molecule has 0 aliphatic heterocycles. The van der Waals surface area contributed by atoms with Crippen molar-refractivity contribution in [3.8, 4) is 0 Å². The Hall–Kier alpha value is -0.610. The molecule has 0 saturated heterocycles. The van der Waals surface area contributed by atoms with E-state index in [1.807, 2.05) is 20.8 Å². The van der Waals surface area contributed by atoms with Gasteiger partial charge in [-0.1, -0.05) is 33.6 Å². The van der Waals surface area contributed by atoms with E-state index in [4.69, 9.17) is 5.73 Å². The first-order valence-corrected chi connectivity index (χ1v) is 5.78. The lowest BCUT2D eigenvalue weighted by Gasteiger charge is -2.21. The first kappa shape index (κ1) is 14.4. The summed E-state index contributed by atoms with van der Waals surface area (Å²) in [5.41, 5.74) is 5.55. The maximum absolute atomic E-state index is 11.3. The van der Waals surface area contributed by atoms with Gasteiger partial charge < -0.3 is 16.2 Å². The van der Waals surface area contributed by atoms with Crippen molar-refractivity contribution in [2.45, 2.75) is 52.2 Å². The van der Waals surface area contributed by atoms with Gasteiger partial charge in [0.05, 0.1) is 12.1 Å². The number of hydrogen-bond acceptors (Lipinski definition) is 3. The highest BCUT2D eigenvalue weighted by Gasteiger charge is 2.17. The first-order valence-electron chi connectivity index (χ1n) is 5.78. The van der Waals surface area contributed by atoms with Crippen LogP contribution in [0, 0.1) is 5.92 Å². The minimum absolute atomic E-state index is 0.178. The molecule has 0 spiro atoms. The van der Waals surface area contributed by atoms with Gasteiger partial charge in [0.1, 0.15) is 0 Å². The van der Waals surface area contributed by atoms with Gasteiger partial charge in [0.2, 0.25) is 5.91 Å². The van der Waals surface area contributed by atoms with Gasteiger partial charge in [0.15, 0.2) is 0 Å². The molecule has 0 aromatic carbocycles. The van der Waals surface area contributed by atoms with Gasteiger partial charge in [-0.2, -0.15) is 0 Å². The average molecular weight is 216 g/mol. The zero-order chi connectivity index (χ0) is 11.8. The minimum Gasteiger partial charge on any atom is -0.391 e. The summed E-state index contributed by atoms with van der Waals surface area (Å²) in [7, 11) is 0. The summed E-state index contributed by atoms with van der Waals surface area (Å²) in [5.74, 6) is 0.0747. The van der Waals surface area contributed by atoms with Crippen LogP contribution in [0.2, 0.25) is 0 Å². The minimum atomic E-state index is -0.465. The summed E-state index contributed by atoms with van der Waals surface area (Å²) >= 11 is 0. The molecule has 0 radical (unpaired) electrons. The lowest BCUT2D eigenvalue weighted by molar-refractivity contribution is -0.123. The normalized spacial score (nSPS) is 15.1. The van der Waals surface area contributed by atoms with Crippen LogP contribution >= 0.6 is 0 Å². The van der Waals surface area contributed by atoms with E-state index in [-0.39, 0.29) is 11.8 Å². The third kappa shape index (κ3) is 5.14. The van der Waals surface area contributed by atoms with E-state index in [2.05, 4.69) is 5.32 Å². The van der Waals surface area contributed by atoms with E-state index in [1.54, 1.807) is 0 Å². The molecule has 4 heteroatoms. The van der Waals surface area contributed by atoms with Gasteiger partial charge >= 0.3 is 0 Å². The fourth-order valence-corrected chi connectivity index (χ4v) is 1.52. The molecule has 90 valence electrons. The van der Waals surface area contributed by atoms with E-state index >= 15 is 0 Å². The predicted molar refractivity (Wildman–Crippen MR) is 61.4 cm³/mol. The Labute approximate surface area is 92.2 Å². The van der Waals surface area contributed by atoms with Gasteiger partial charge in [-0.15, -0.1) is 0 Å². The van der Waals surface area contributed by atoms with Crippen molar-refractivity contribution in [3.05, 3.63) is 0 Å². The van der Waals surface area contributed by atoms with Gasteiger partial charge in [0.25, 0.3) is 0 Å². The van der Waals surface area contributed by atoms with Crippen molar-refractivity contribution in [2.75, 3.05) is 6.54 Å². The summed E-state index contributed by atoms with van der Waals surface area (Å²) in [5, 5.41) is 12.4. The number of aliphatic hydroxyl groups excluding tert-OH is 1. The molecule has 0 rings (SSSR count). The lowest BCUT2D eigenvalue weighted by atomic mass is 9.96. The van der Waals surface area contributed by atoms with Crippen LogP contribution in [0.25, 0.3) is 0 Å². The topological polar surface area (TPSA) is 75.3 Å². The third-order valence-electron chi connectivity index (χ3n) is 2.85. The Morgan fingerprint density at radius 1 is 1.27 bits per heavy atom. The number of amides is 1. The van der Waals surface area contributed by atoms with Crippen LogP contribution in [-0.4, -0.2) is 29.7 Å². The average Bonchev–Trinajstić information content (AvgIpc) is 2.26. The zero-order valence-electron chi connectivity index (χ0n) is 9.99. The first-order chi connectivity index (χ1) is 7.06. The molecular weight excluding hydrogens is 192 g/mol. The molecule has 4 N–H and O–H groups in total. The Balaban J connectivity index is 3.88. The molecule has 15 heavy (non-hydrogen) atoms.